The molecule has 0 N–H and O–H groups in total. The molecule has 2 aromatic carbocycles. The van der Waals surface area contributed by atoms with Crippen molar-refractivity contribution in [2.24, 2.45) is 0 Å². The largest absolute Gasteiger partial charge is 0.350 e. The predicted molar refractivity (Wildman–Crippen MR) is 88.3 cm³/mol. The van der Waals surface area contributed by atoms with E-state index in [9.17, 15) is 4.79 Å². The summed E-state index contributed by atoms with van der Waals surface area (Å²) < 4.78 is 11.7. The Morgan fingerprint density at radius 3 is 2.43 bits per heavy atom. The first-order chi connectivity index (χ1) is 11.3. The topological polar surface area (TPSA) is 38.8 Å². The van der Waals surface area contributed by atoms with Crippen LogP contribution >= 0.6 is 0 Å². The maximum absolute atomic E-state index is 12.9. The molecule has 0 aliphatic carbocycles. The Labute approximate surface area is 136 Å². The number of hydrogen-bond acceptors (Lipinski definition) is 3. The van der Waals surface area contributed by atoms with Crippen LogP contribution in [0.2, 0.25) is 0 Å². The summed E-state index contributed by atoms with van der Waals surface area (Å²) in [6.07, 6.45) is 2.47. The second-order valence-electron chi connectivity index (χ2n) is 6.28. The van der Waals surface area contributed by atoms with E-state index in [1.807, 2.05) is 47.4 Å². The van der Waals surface area contributed by atoms with Gasteiger partial charge in [0.25, 0.3) is 5.91 Å². The van der Waals surface area contributed by atoms with Crippen molar-refractivity contribution in [1.29, 1.82) is 0 Å². The predicted octanol–water partition coefficient (Wildman–Crippen LogP) is 3.21. The van der Waals surface area contributed by atoms with Gasteiger partial charge in [0, 0.05) is 31.5 Å². The van der Waals surface area contributed by atoms with Crippen LogP contribution in [0.5, 0.6) is 0 Å². The van der Waals surface area contributed by atoms with E-state index in [0.29, 0.717) is 13.1 Å². The summed E-state index contributed by atoms with van der Waals surface area (Å²) in [5.41, 5.74) is 0.782. The number of likely N-dealkylation sites (tertiary alicyclic amines) is 1. The van der Waals surface area contributed by atoms with Gasteiger partial charge < -0.3 is 14.4 Å². The molecule has 2 aliphatic heterocycles. The zero-order valence-corrected chi connectivity index (χ0v) is 13.2. The van der Waals surface area contributed by atoms with E-state index in [-0.39, 0.29) is 5.91 Å². The molecule has 0 bridgehead atoms. The quantitative estimate of drug-likeness (QED) is 0.812. The SMILES string of the molecule is O=C(c1cccc2ccccc12)N1CCC2(CC1)OCCCO2. The molecule has 0 unspecified atom stereocenters. The van der Waals surface area contributed by atoms with E-state index >= 15 is 0 Å². The molecular formula is C19H21NO3. The first-order valence-electron chi connectivity index (χ1n) is 8.32. The maximum Gasteiger partial charge on any atom is 0.254 e. The number of benzene rings is 2. The van der Waals surface area contributed by atoms with Crippen molar-refractivity contribution in [1.82, 2.24) is 4.90 Å². The summed E-state index contributed by atoms with van der Waals surface area (Å²) in [5.74, 6) is -0.346. The zero-order valence-electron chi connectivity index (χ0n) is 13.2. The number of ether oxygens (including phenoxy) is 2. The third-order valence-electron chi connectivity index (χ3n) is 4.85. The van der Waals surface area contributed by atoms with Gasteiger partial charge in [-0.15, -0.1) is 0 Å². The van der Waals surface area contributed by atoms with E-state index in [2.05, 4.69) is 0 Å². The third kappa shape index (κ3) is 2.73. The fraction of sp³-hybridized carbons (Fsp3) is 0.421. The lowest BCUT2D eigenvalue weighted by Gasteiger charge is -2.43. The van der Waals surface area contributed by atoms with Gasteiger partial charge in [0.05, 0.1) is 13.2 Å². The van der Waals surface area contributed by atoms with E-state index < -0.39 is 5.79 Å². The van der Waals surface area contributed by atoms with Crippen LogP contribution in [0.25, 0.3) is 10.8 Å². The highest BCUT2D eigenvalue weighted by Crippen LogP contribution is 2.31. The van der Waals surface area contributed by atoms with Gasteiger partial charge in [-0.2, -0.15) is 0 Å². The van der Waals surface area contributed by atoms with E-state index in [1.54, 1.807) is 0 Å². The highest BCUT2D eigenvalue weighted by Gasteiger charge is 2.39. The molecule has 1 amide bonds. The number of amides is 1. The van der Waals surface area contributed by atoms with Crippen LogP contribution in [0, 0.1) is 0 Å². The molecule has 0 saturated carbocycles. The molecule has 2 aromatic rings. The van der Waals surface area contributed by atoms with Gasteiger partial charge in [-0.25, -0.2) is 0 Å². The van der Waals surface area contributed by atoms with Crippen molar-refractivity contribution >= 4 is 16.7 Å². The van der Waals surface area contributed by atoms with Crippen LogP contribution in [0.15, 0.2) is 42.5 Å². The average Bonchev–Trinajstić information content (AvgIpc) is 2.62. The number of nitrogens with zero attached hydrogens (tertiary/aromatic N) is 1. The van der Waals surface area contributed by atoms with Crippen LogP contribution in [-0.2, 0) is 9.47 Å². The van der Waals surface area contributed by atoms with Crippen LogP contribution < -0.4 is 0 Å². The fourth-order valence-corrected chi connectivity index (χ4v) is 3.54. The van der Waals surface area contributed by atoms with Gasteiger partial charge in [0.2, 0.25) is 0 Å². The van der Waals surface area contributed by atoms with Crippen molar-refractivity contribution in [3.05, 3.63) is 48.0 Å². The molecule has 0 atom stereocenters. The van der Waals surface area contributed by atoms with E-state index in [4.69, 9.17) is 9.47 Å². The van der Waals surface area contributed by atoms with Crippen molar-refractivity contribution in [2.75, 3.05) is 26.3 Å². The molecule has 0 radical (unpaired) electrons. The van der Waals surface area contributed by atoms with Crippen LogP contribution in [0.4, 0.5) is 0 Å². The molecule has 1 spiro atoms. The standard InChI is InChI=1S/C19H21NO3/c21-18(17-8-3-6-15-5-1-2-7-16(15)17)20-11-9-19(10-12-20)22-13-4-14-23-19/h1-3,5-8H,4,9-14H2. The highest BCUT2D eigenvalue weighted by molar-refractivity contribution is 6.07. The van der Waals surface area contributed by atoms with Gasteiger partial charge in [-0.1, -0.05) is 36.4 Å². The van der Waals surface area contributed by atoms with Crippen LogP contribution in [0.3, 0.4) is 0 Å². The average molecular weight is 311 g/mol. The molecule has 4 nitrogen and oxygen atoms in total. The first-order valence-corrected chi connectivity index (χ1v) is 8.32. The number of hydrogen-bond donors (Lipinski definition) is 0. The highest BCUT2D eigenvalue weighted by atomic mass is 16.7. The molecule has 2 fully saturated rings. The summed E-state index contributed by atoms with van der Waals surface area (Å²) in [5, 5.41) is 2.12. The van der Waals surface area contributed by atoms with Gasteiger partial charge >= 0.3 is 0 Å². The number of rotatable bonds is 1. The number of carbonyl (C=O) groups excluding carboxylic acids is 1. The second-order valence-corrected chi connectivity index (χ2v) is 6.28. The van der Waals surface area contributed by atoms with Gasteiger partial charge in [0.15, 0.2) is 5.79 Å². The zero-order chi connectivity index (χ0) is 15.7. The summed E-state index contributed by atoms with van der Waals surface area (Å²) in [4.78, 5) is 14.9. The van der Waals surface area contributed by atoms with Crippen LogP contribution in [0.1, 0.15) is 29.6 Å². The van der Waals surface area contributed by atoms with Crippen molar-refractivity contribution in [3.63, 3.8) is 0 Å². The molecule has 4 heteroatoms. The van der Waals surface area contributed by atoms with Gasteiger partial charge in [-0.05, 0) is 23.3 Å². The molecule has 2 heterocycles. The minimum Gasteiger partial charge on any atom is -0.350 e. The summed E-state index contributed by atoms with van der Waals surface area (Å²) in [6, 6.07) is 14.0. The van der Waals surface area contributed by atoms with Crippen molar-refractivity contribution in [2.45, 2.75) is 25.0 Å². The van der Waals surface area contributed by atoms with Gasteiger partial charge in [-0.3, -0.25) is 4.79 Å². The molecular weight excluding hydrogens is 290 g/mol. The Kier molecular flexibility index (Phi) is 3.79. The summed E-state index contributed by atoms with van der Waals surface area (Å²) in [6.45, 7) is 2.89. The normalized spacial score (nSPS) is 20.8. The molecule has 0 aromatic heterocycles. The maximum atomic E-state index is 12.9. The molecule has 23 heavy (non-hydrogen) atoms. The monoisotopic (exact) mass is 311 g/mol. The lowest BCUT2D eigenvalue weighted by molar-refractivity contribution is -0.281. The minimum atomic E-state index is -0.451. The Bertz CT molecular complexity index is 706. The minimum absolute atomic E-state index is 0.104. The lowest BCUT2D eigenvalue weighted by atomic mass is 9.99. The molecule has 2 saturated heterocycles. The number of piperidine rings is 1. The fourth-order valence-electron chi connectivity index (χ4n) is 3.54. The number of carbonyl (C=O) groups is 1. The molecule has 4 rings (SSSR count). The first kappa shape index (κ1) is 14.7. The van der Waals surface area contributed by atoms with Crippen molar-refractivity contribution < 1.29 is 14.3 Å². The van der Waals surface area contributed by atoms with Gasteiger partial charge in [0.1, 0.15) is 0 Å². The molecule has 2 aliphatic rings. The Hall–Kier alpha value is -1.91. The van der Waals surface area contributed by atoms with Crippen molar-refractivity contribution in [3.8, 4) is 0 Å². The Morgan fingerprint density at radius 2 is 1.65 bits per heavy atom. The molecule has 120 valence electrons. The van der Waals surface area contributed by atoms with Crippen LogP contribution in [-0.4, -0.2) is 42.9 Å². The smallest absolute Gasteiger partial charge is 0.254 e. The Morgan fingerprint density at radius 1 is 0.957 bits per heavy atom. The summed E-state index contributed by atoms with van der Waals surface area (Å²) in [7, 11) is 0. The second kappa shape index (κ2) is 5.95. The third-order valence-corrected chi connectivity index (χ3v) is 4.85. The Balaban J connectivity index is 1.53. The van der Waals surface area contributed by atoms with E-state index in [1.165, 1.54) is 0 Å². The van der Waals surface area contributed by atoms with E-state index in [0.717, 1.165) is 48.8 Å². The number of fused-ring (bicyclic) bond motifs is 1. The summed E-state index contributed by atoms with van der Waals surface area (Å²) >= 11 is 0. The lowest BCUT2D eigenvalue weighted by Crippen LogP contribution is -2.51.